The molecule has 2 fully saturated rings. The number of aromatic nitrogens is 1. The van der Waals surface area contributed by atoms with E-state index in [2.05, 4.69) is 21.7 Å². The number of hydrogen-bond acceptors (Lipinski definition) is 7. The number of rotatable bonds is 7. The summed E-state index contributed by atoms with van der Waals surface area (Å²) in [5.41, 5.74) is 8.35. The zero-order valence-corrected chi connectivity index (χ0v) is 24.1. The van der Waals surface area contributed by atoms with Crippen LogP contribution in [0.4, 0.5) is 0 Å². The first-order valence-electron chi connectivity index (χ1n) is 14.3. The lowest BCUT2D eigenvalue weighted by Crippen LogP contribution is -2.47. The Kier molecular flexibility index (Phi) is 9.52. The van der Waals surface area contributed by atoms with Gasteiger partial charge in [-0.1, -0.05) is 24.6 Å². The lowest BCUT2D eigenvalue weighted by atomic mass is 9.97. The number of aliphatic hydroxyl groups excluding tert-OH is 1. The molecular formula is C31H39ClN4O5. The van der Waals surface area contributed by atoms with Crippen molar-refractivity contribution in [2.75, 3.05) is 39.3 Å². The zero-order valence-electron chi connectivity index (χ0n) is 23.4. The highest BCUT2D eigenvalue weighted by molar-refractivity contribution is 6.31. The minimum absolute atomic E-state index is 0.0840. The Hall–Kier alpha value is -3.08. The van der Waals surface area contributed by atoms with Crippen molar-refractivity contribution in [1.82, 2.24) is 14.8 Å². The summed E-state index contributed by atoms with van der Waals surface area (Å²) in [5, 5.41) is 21.1. The molecule has 2 aliphatic rings. The van der Waals surface area contributed by atoms with E-state index in [0.717, 1.165) is 74.9 Å². The van der Waals surface area contributed by atoms with Crippen LogP contribution in [-0.2, 0) is 6.61 Å². The summed E-state index contributed by atoms with van der Waals surface area (Å²) in [6.07, 6.45) is 4.79. The van der Waals surface area contributed by atoms with Crippen molar-refractivity contribution in [2.24, 2.45) is 11.7 Å². The van der Waals surface area contributed by atoms with Gasteiger partial charge in [-0.25, -0.2) is 4.79 Å². The number of nitrogens with two attached hydrogens (primary N) is 1. The van der Waals surface area contributed by atoms with E-state index in [1.54, 1.807) is 30.5 Å². The molecule has 0 bridgehead atoms. The molecule has 0 radical (unpaired) electrons. The molecule has 0 aliphatic carbocycles. The van der Waals surface area contributed by atoms with Gasteiger partial charge in [0, 0.05) is 59.1 Å². The fourth-order valence-corrected chi connectivity index (χ4v) is 5.74. The van der Waals surface area contributed by atoms with E-state index in [-0.39, 0.29) is 11.8 Å². The number of benzene rings is 2. The van der Waals surface area contributed by atoms with Gasteiger partial charge in [0.1, 0.15) is 23.6 Å². The van der Waals surface area contributed by atoms with Gasteiger partial charge in [0.2, 0.25) is 0 Å². The molecule has 2 aromatic carbocycles. The lowest BCUT2D eigenvalue weighted by molar-refractivity contribution is 0.0304. The first kappa shape index (κ1) is 29.4. The van der Waals surface area contributed by atoms with Crippen molar-refractivity contribution in [1.29, 1.82) is 0 Å². The number of aromatic amines is 1. The molecular weight excluding hydrogens is 544 g/mol. The predicted molar refractivity (Wildman–Crippen MR) is 161 cm³/mol. The Labute approximate surface area is 244 Å². The fraction of sp³-hybridized carbons (Fsp3) is 0.452. The number of aliphatic hydroxyl groups is 1. The average molecular weight is 583 g/mol. The van der Waals surface area contributed by atoms with Gasteiger partial charge < -0.3 is 39.9 Å². The van der Waals surface area contributed by atoms with E-state index in [1.165, 1.54) is 0 Å². The molecule has 10 heteroatoms. The standard InChI is InChI=1S/C18H12ClNO4.C13H27N3O/c19-11-4-5-12-10(9-24-17(12)6-11)8-23-16-3-1-2-14-13(16)7-15(20-14)18(21)22;1-11-10-16(7-4-13(11)17)9-8-15-5-2-12(14)3-6-15/h1-7,9,20H,8H2,(H,21,22);11-13,17H,2-10,14H2,1H3/t;11-,13-/m.0/s1. The zero-order chi connectivity index (χ0) is 28.9. The van der Waals surface area contributed by atoms with Crippen LogP contribution in [0.25, 0.3) is 21.9 Å². The summed E-state index contributed by atoms with van der Waals surface area (Å²) in [4.78, 5) is 19.0. The van der Waals surface area contributed by atoms with Crippen LogP contribution in [0.5, 0.6) is 5.75 Å². The van der Waals surface area contributed by atoms with E-state index in [4.69, 9.17) is 31.6 Å². The van der Waals surface area contributed by atoms with Crippen LogP contribution >= 0.6 is 11.6 Å². The van der Waals surface area contributed by atoms with Crippen molar-refractivity contribution in [3.05, 3.63) is 65.0 Å². The van der Waals surface area contributed by atoms with Crippen molar-refractivity contribution < 1.29 is 24.2 Å². The number of carboxylic acid groups (broad SMARTS) is 1. The second-order valence-corrected chi connectivity index (χ2v) is 11.6. The maximum absolute atomic E-state index is 11.1. The van der Waals surface area contributed by atoms with Gasteiger partial charge in [-0.05, 0) is 74.7 Å². The Balaban J connectivity index is 0.000000175. The molecule has 4 aromatic rings. The molecule has 5 N–H and O–H groups in total. The van der Waals surface area contributed by atoms with Gasteiger partial charge in [0.05, 0.1) is 12.4 Å². The van der Waals surface area contributed by atoms with Crippen molar-refractivity contribution >= 4 is 39.4 Å². The summed E-state index contributed by atoms with van der Waals surface area (Å²) in [5.74, 6) is 0.0351. The number of fused-ring (bicyclic) bond motifs is 2. The maximum atomic E-state index is 11.1. The van der Waals surface area contributed by atoms with Gasteiger partial charge in [-0.15, -0.1) is 0 Å². The molecule has 2 saturated heterocycles. The number of halogens is 1. The predicted octanol–water partition coefficient (Wildman–Crippen LogP) is 4.96. The number of piperidine rings is 2. The number of nitrogens with one attached hydrogen (secondary N) is 1. The molecule has 9 nitrogen and oxygen atoms in total. The average Bonchev–Trinajstić information content (AvgIpc) is 3.58. The Morgan fingerprint density at radius 1 is 1.10 bits per heavy atom. The number of ether oxygens (including phenoxy) is 1. The monoisotopic (exact) mass is 582 g/mol. The number of aromatic carboxylic acids is 1. The molecule has 6 rings (SSSR count). The van der Waals surface area contributed by atoms with Crippen molar-refractivity contribution in [3.8, 4) is 5.75 Å². The molecule has 0 saturated carbocycles. The summed E-state index contributed by atoms with van der Waals surface area (Å²) in [6, 6.07) is 12.9. The Morgan fingerprint density at radius 2 is 1.85 bits per heavy atom. The van der Waals surface area contributed by atoms with Crippen LogP contribution in [0.2, 0.25) is 5.02 Å². The molecule has 0 spiro atoms. The van der Waals surface area contributed by atoms with Gasteiger partial charge in [0.25, 0.3) is 0 Å². The third-order valence-electron chi connectivity index (χ3n) is 8.16. The number of carbonyl (C=O) groups is 1. The molecule has 2 aromatic heterocycles. The highest BCUT2D eigenvalue weighted by Gasteiger charge is 2.24. The van der Waals surface area contributed by atoms with Crippen LogP contribution in [0.1, 0.15) is 42.2 Å². The molecule has 0 amide bonds. The van der Waals surface area contributed by atoms with E-state index in [1.807, 2.05) is 18.2 Å². The van der Waals surface area contributed by atoms with Crippen LogP contribution < -0.4 is 10.5 Å². The topological polar surface area (TPSA) is 128 Å². The van der Waals surface area contributed by atoms with Gasteiger partial charge in [-0.3, -0.25) is 0 Å². The Bertz CT molecular complexity index is 1460. The molecule has 2 atom stereocenters. The fourth-order valence-electron chi connectivity index (χ4n) is 5.57. The number of carboxylic acids is 1. The normalized spacial score (nSPS) is 20.7. The minimum atomic E-state index is -1.00. The summed E-state index contributed by atoms with van der Waals surface area (Å²) in [7, 11) is 0. The molecule has 2 aliphatic heterocycles. The molecule has 0 unspecified atom stereocenters. The smallest absolute Gasteiger partial charge is 0.352 e. The minimum Gasteiger partial charge on any atom is -0.488 e. The van der Waals surface area contributed by atoms with Gasteiger partial charge in [0.15, 0.2) is 0 Å². The second-order valence-electron chi connectivity index (χ2n) is 11.2. The van der Waals surface area contributed by atoms with Crippen LogP contribution in [0.3, 0.4) is 0 Å². The lowest BCUT2D eigenvalue weighted by Gasteiger charge is -2.36. The maximum Gasteiger partial charge on any atom is 0.352 e. The number of likely N-dealkylation sites (tertiary alicyclic amines) is 2. The highest BCUT2D eigenvalue weighted by Crippen LogP contribution is 2.29. The van der Waals surface area contributed by atoms with E-state index < -0.39 is 5.97 Å². The van der Waals surface area contributed by atoms with Crippen LogP contribution in [-0.4, -0.2) is 82.4 Å². The van der Waals surface area contributed by atoms with Crippen LogP contribution in [0.15, 0.2) is 53.1 Å². The van der Waals surface area contributed by atoms with E-state index in [9.17, 15) is 9.90 Å². The number of nitrogens with zero attached hydrogens (tertiary/aromatic N) is 2. The number of H-pyrrole nitrogens is 1. The van der Waals surface area contributed by atoms with E-state index in [0.29, 0.717) is 40.4 Å². The third kappa shape index (κ3) is 7.42. The van der Waals surface area contributed by atoms with Crippen molar-refractivity contribution in [2.45, 2.75) is 44.9 Å². The molecule has 41 heavy (non-hydrogen) atoms. The second kappa shape index (κ2) is 13.3. The van der Waals surface area contributed by atoms with E-state index >= 15 is 0 Å². The summed E-state index contributed by atoms with van der Waals surface area (Å²) < 4.78 is 11.4. The number of hydrogen-bond donors (Lipinski definition) is 4. The summed E-state index contributed by atoms with van der Waals surface area (Å²) >= 11 is 5.95. The Morgan fingerprint density at radius 3 is 2.61 bits per heavy atom. The van der Waals surface area contributed by atoms with Crippen molar-refractivity contribution in [3.63, 3.8) is 0 Å². The number of furan rings is 1. The first-order chi connectivity index (χ1) is 19.8. The quantitative estimate of drug-likeness (QED) is 0.241. The third-order valence-corrected chi connectivity index (χ3v) is 8.40. The SMILES string of the molecule is C[C@H]1CN(CCN2CCC(N)CC2)CC[C@@H]1O.O=C(O)c1cc2c(OCc3coc4cc(Cl)ccc34)cccc2[nH]1. The first-order valence-corrected chi connectivity index (χ1v) is 14.7. The molecule has 4 heterocycles. The molecule has 220 valence electrons. The largest absolute Gasteiger partial charge is 0.488 e. The highest BCUT2D eigenvalue weighted by atomic mass is 35.5. The van der Waals surface area contributed by atoms with Gasteiger partial charge in [-0.2, -0.15) is 0 Å². The van der Waals surface area contributed by atoms with Crippen LogP contribution in [0, 0.1) is 5.92 Å². The van der Waals surface area contributed by atoms with Gasteiger partial charge >= 0.3 is 5.97 Å². The summed E-state index contributed by atoms with van der Waals surface area (Å²) in [6.45, 7) is 9.19.